The van der Waals surface area contributed by atoms with Gasteiger partial charge in [0, 0.05) is 39.8 Å². The first-order valence-corrected chi connectivity index (χ1v) is 5.55. The molecule has 0 amide bonds. The van der Waals surface area contributed by atoms with Crippen LogP contribution >= 0.6 is 0 Å². The summed E-state index contributed by atoms with van der Waals surface area (Å²) in [4.78, 5) is 1.94. The number of nitrogens with zero attached hydrogens (tertiary/aromatic N) is 1. The first kappa shape index (κ1) is 15.8. The largest absolute Gasteiger partial charge is 0.497 e. The van der Waals surface area contributed by atoms with Crippen LogP contribution in [-0.2, 0) is 32.7 Å². The molecule has 1 heterocycles. The smallest absolute Gasteiger partial charge is 0.116 e. The van der Waals surface area contributed by atoms with Crippen molar-refractivity contribution < 1.29 is 37.4 Å². The second-order valence-corrected chi connectivity index (χ2v) is 3.93. The van der Waals surface area contributed by atoms with Gasteiger partial charge in [-0.05, 0) is 17.8 Å². The van der Waals surface area contributed by atoms with Gasteiger partial charge >= 0.3 is 0 Å². The van der Waals surface area contributed by atoms with E-state index in [4.69, 9.17) is 11.2 Å². The number of hydrogen-bond donors (Lipinski definition) is 0. The van der Waals surface area contributed by atoms with Crippen LogP contribution < -0.4 is 4.74 Å². The number of benzene rings is 1. The molecule has 0 bridgehead atoms. The fourth-order valence-electron chi connectivity index (χ4n) is 1.79. The molecule has 0 aromatic heterocycles. The Kier molecular flexibility index (Phi) is 5.60. The van der Waals surface area contributed by atoms with Gasteiger partial charge < -0.3 is 9.64 Å². The molecule has 0 atom stereocenters. The topological polar surface area (TPSA) is 12.5 Å². The molecule has 93 valence electrons. The molecule has 1 aliphatic heterocycles. The molecule has 0 saturated heterocycles. The van der Waals surface area contributed by atoms with E-state index in [1.54, 1.807) is 13.2 Å². The van der Waals surface area contributed by atoms with Crippen LogP contribution in [0.4, 0.5) is 0 Å². The van der Waals surface area contributed by atoms with Gasteiger partial charge in [0.2, 0.25) is 0 Å². The van der Waals surface area contributed by atoms with Crippen LogP contribution in [0.1, 0.15) is 5.56 Å². The summed E-state index contributed by atoms with van der Waals surface area (Å²) in [5, 5.41) is 0. The Bertz CT molecular complexity index is 576. The van der Waals surface area contributed by atoms with E-state index >= 15 is 0 Å². The molecule has 0 spiro atoms. The number of rotatable bonds is 2. The summed E-state index contributed by atoms with van der Waals surface area (Å²) in [5.41, 5.74) is 3.56. The zero-order chi connectivity index (χ0) is 13.1. The molecule has 1 radical (unpaired) electrons. The Balaban J connectivity index is 0.00000180. The van der Waals surface area contributed by atoms with Crippen molar-refractivity contribution in [1.82, 2.24) is 4.90 Å². The number of terminal acetylenes is 1. The summed E-state index contributed by atoms with van der Waals surface area (Å²) in [6, 6.07) is 7.81. The minimum absolute atomic E-state index is 0. The molecule has 2 rings (SSSR count). The van der Waals surface area contributed by atoms with Gasteiger partial charge in [0.05, 0.1) is 7.11 Å². The first-order valence-electron chi connectivity index (χ1n) is 5.55. The van der Waals surface area contributed by atoms with Crippen molar-refractivity contribution in [3.05, 3.63) is 59.8 Å². The Hall–Kier alpha value is -1.30. The maximum absolute atomic E-state index is 5.41. The number of methoxy groups -OCH3 is 1. The minimum Gasteiger partial charge on any atom is -0.497 e. The van der Waals surface area contributed by atoms with Crippen molar-refractivity contribution in [3.63, 3.8) is 0 Å². The van der Waals surface area contributed by atoms with Gasteiger partial charge in [-0.15, -0.1) is 24.5 Å². The Morgan fingerprint density at radius 3 is 2.47 bits per heavy atom. The molecule has 0 saturated carbocycles. The predicted octanol–water partition coefficient (Wildman–Crippen LogP) is 2.86. The van der Waals surface area contributed by atoms with Crippen LogP contribution in [0.2, 0.25) is 0 Å². The average molecular weight is 325 g/mol. The van der Waals surface area contributed by atoms with Crippen molar-refractivity contribution in [2.75, 3.05) is 14.2 Å². The van der Waals surface area contributed by atoms with E-state index in [-0.39, 0.29) is 32.7 Å². The standard InChI is InChI=1S/C16H14NO.Y/c1-5-13-8-11-16(17(3)12(13)2)14-6-9-15(18-4)10-7-14;/h1,6-10H,2H2,3-4H3;/q-1;. The molecule has 0 aliphatic carbocycles. The second-order valence-electron chi connectivity index (χ2n) is 3.93. The van der Waals surface area contributed by atoms with Gasteiger partial charge in [-0.1, -0.05) is 23.4 Å². The zero-order valence-electron chi connectivity index (χ0n) is 11.1. The number of hydrogen-bond acceptors (Lipinski definition) is 2. The summed E-state index contributed by atoms with van der Waals surface area (Å²) in [6.07, 6.45) is 10.4. The number of likely N-dealkylation sites (N-methyl/N-ethyl adjacent to an activating group) is 1. The van der Waals surface area contributed by atoms with Crippen molar-refractivity contribution in [3.8, 4) is 18.1 Å². The van der Waals surface area contributed by atoms with Crippen molar-refractivity contribution >= 4 is 5.70 Å². The summed E-state index contributed by atoms with van der Waals surface area (Å²) < 4.78 is 5.14. The van der Waals surface area contributed by atoms with Gasteiger partial charge in [-0.3, -0.25) is 0 Å². The molecular weight excluding hydrogens is 311 g/mol. The fraction of sp³-hybridized carbons (Fsp3) is 0.125. The van der Waals surface area contributed by atoms with E-state index in [0.717, 1.165) is 28.3 Å². The predicted molar refractivity (Wildman–Crippen MR) is 73.5 cm³/mol. The van der Waals surface area contributed by atoms with E-state index in [9.17, 15) is 0 Å². The Morgan fingerprint density at radius 1 is 1.32 bits per heavy atom. The minimum atomic E-state index is 0. The summed E-state index contributed by atoms with van der Waals surface area (Å²) in [7, 11) is 3.58. The van der Waals surface area contributed by atoms with E-state index in [2.05, 4.69) is 18.6 Å². The van der Waals surface area contributed by atoms with Crippen molar-refractivity contribution in [2.24, 2.45) is 0 Å². The van der Waals surface area contributed by atoms with Gasteiger partial charge in [-0.25, -0.2) is 0 Å². The van der Waals surface area contributed by atoms with Crippen molar-refractivity contribution in [2.45, 2.75) is 0 Å². The average Bonchev–Trinajstić information content (AvgIpc) is 2.42. The van der Waals surface area contributed by atoms with Crippen LogP contribution in [0.15, 0.2) is 48.2 Å². The first-order chi connectivity index (χ1) is 8.67. The summed E-state index contributed by atoms with van der Waals surface area (Å²) in [6.45, 7) is 3.99. The van der Waals surface area contributed by atoms with E-state index in [1.165, 1.54) is 0 Å². The summed E-state index contributed by atoms with van der Waals surface area (Å²) in [5.74, 6) is 3.43. The third-order valence-corrected chi connectivity index (χ3v) is 2.92. The van der Waals surface area contributed by atoms with Crippen LogP contribution in [0.5, 0.6) is 5.75 Å². The third kappa shape index (κ3) is 3.18. The molecule has 2 nitrogen and oxygen atoms in total. The molecule has 0 N–H and O–H groups in total. The second kappa shape index (κ2) is 6.75. The Labute approximate surface area is 139 Å². The Morgan fingerprint density at radius 2 is 1.95 bits per heavy atom. The van der Waals surface area contributed by atoms with Gasteiger partial charge in [-0.2, -0.15) is 12.2 Å². The van der Waals surface area contributed by atoms with Crippen LogP contribution in [0, 0.1) is 18.4 Å². The monoisotopic (exact) mass is 325 g/mol. The van der Waals surface area contributed by atoms with Crippen LogP contribution in [-0.4, -0.2) is 19.1 Å². The van der Waals surface area contributed by atoms with Crippen molar-refractivity contribution in [1.29, 1.82) is 0 Å². The van der Waals surface area contributed by atoms with Gasteiger partial charge in [0.15, 0.2) is 0 Å². The normalized spacial score (nSPS) is 13.9. The quantitative estimate of drug-likeness (QED) is 0.612. The molecule has 3 heteroatoms. The molecule has 1 aromatic carbocycles. The van der Waals surface area contributed by atoms with Crippen LogP contribution in [0.3, 0.4) is 0 Å². The van der Waals surface area contributed by atoms with Gasteiger partial charge in [0.1, 0.15) is 5.75 Å². The van der Waals surface area contributed by atoms with E-state index in [1.807, 2.05) is 36.2 Å². The molecule has 1 aromatic rings. The molecule has 1 aliphatic rings. The molecule has 19 heavy (non-hydrogen) atoms. The van der Waals surface area contributed by atoms with E-state index < -0.39 is 0 Å². The summed E-state index contributed by atoms with van der Waals surface area (Å²) >= 11 is 0. The maximum atomic E-state index is 5.41. The SMILES string of the molecule is C#CC1=C[C-]=C(c2ccc(OC)cc2)N(C)C1=C.[Y]. The molecular formula is C16H14NOY-. The molecule has 0 unspecified atom stereocenters. The van der Waals surface area contributed by atoms with Gasteiger partial charge in [0.25, 0.3) is 0 Å². The van der Waals surface area contributed by atoms with E-state index in [0.29, 0.717) is 0 Å². The number of allylic oxidation sites excluding steroid dienone is 3. The fourth-order valence-corrected chi connectivity index (χ4v) is 1.79. The zero-order valence-corrected chi connectivity index (χ0v) is 13.9. The maximum Gasteiger partial charge on any atom is 0.116 e. The third-order valence-electron chi connectivity index (χ3n) is 2.92. The number of ether oxygens (including phenoxy) is 1. The molecule has 0 fully saturated rings. The van der Waals surface area contributed by atoms with Crippen LogP contribution in [0.25, 0.3) is 5.70 Å².